The van der Waals surface area contributed by atoms with Gasteiger partial charge in [-0.2, -0.15) is 0 Å². The Hall–Kier alpha value is -0.650. The predicted octanol–water partition coefficient (Wildman–Crippen LogP) is 2.12. The average molecular weight is 269 g/mol. The number of likely N-dealkylation sites (N-methyl/N-ethyl adjacent to an activating group) is 1. The molecule has 1 aromatic heterocycles. The van der Waals surface area contributed by atoms with E-state index in [1.54, 1.807) is 18.9 Å². The number of hydrogen-bond donors (Lipinski definition) is 1. The maximum Gasteiger partial charge on any atom is 0.188 e. The van der Waals surface area contributed by atoms with Gasteiger partial charge < -0.3 is 10.1 Å². The molecule has 0 bridgehead atoms. The number of thioether (sulfide) groups is 1. The van der Waals surface area contributed by atoms with Crippen LogP contribution in [0.5, 0.6) is 0 Å². The van der Waals surface area contributed by atoms with Crippen LogP contribution in [0.3, 0.4) is 0 Å². The zero-order valence-electron chi connectivity index (χ0n) is 11.9. The third kappa shape index (κ3) is 4.55. The standard InChI is InChI=1S/C13H23N3OS/c1-6-14-12(7-17-5)8-18-13-15-10(3)9(2)11(4)16-13/h12,14H,6-8H2,1-5H3. The van der Waals surface area contributed by atoms with Gasteiger partial charge in [0.1, 0.15) is 0 Å². The number of rotatable bonds is 7. The quantitative estimate of drug-likeness (QED) is 0.607. The van der Waals surface area contributed by atoms with Crippen molar-refractivity contribution < 1.29 is 4.74 Å². The fourth-order valence-electron chi connectivity index (χ4n) is 1.64. The van der Waals surface area contributed by atoms with E-state index in [1.807, 2.05) is 13.8 Å². The Morgan fingerprint density at radius 3 is 2.33 bits per heavy atom. The second-order valence-electron chi connectivity index (χ2n) is 4.32. The van der Waals surface area contributed by atoms with E-state index >= 15 is 0 Å². The third-order valence-electron chi connectivity index (χ3n) is 2.89. The number of nitrogens with zero attached hydrogens (tertiary/aromatic N) is 2. The van der Waals surface area contributed by atoms with Crippen molar-refractivity contribution in [1.82, 2.24) is 15.3 Å². The van der Waals surface area contributed by atoms with Gasteiger partial charge in [-0.3, -0.25) is 0 Å². The van der Waals surface area contributed by atoms with Crippen molar-refractivity contribution in [3.05, 3.63) is 17.0 Å². The van der Waals surface area contributed by atoms with Crippen molar-refractivity contribution in [3.8, 4) is 0 Å². The lowest BCUT2D eigenvalue weighted by Crippen LogP contribution is -2.35. The lowest BCUT2D eigenvalue weighted by molar-refractivity contribution is 0.174. The van der Waals surface area contributed by atoms with Crippen LogP contribution in [0.4, 0.5) is 0 Å². The van der Waals surface area contributed by atoms with Crippen LogP contribution in [-0.2, 0) is 4.74 Å². The van der Waals surface area contributed by atoms with Crippen molar-refractivity contribution in [2.24, 2.45) is 0 Å². The number of nitrogens with one attached hydrogen (secondary N) is 1. The highest BCUT2D eigenvalue weighted by molar-refractivity contribution is 7.99. The summed E-state index contributed by atoms with van der Waals surface area (Å²) in [6.45, 7) is 9.89. The van der Waals surface area contributed by atoms with Gasteiger partial charge in [0, 0.05) is 30.3 Å². The smallest absolute Gasteiger partial charge is 0.188 e. The highest BCUT2D eigenvalue weighted by Crippen LogP contribution is 2.17. The zero-order valence-corrected chi connectivity index (χ0v) is 12.7. The zero-order chi connectivity index (χ0) is 13.5. The Bertz CT molecular complexity index is 355. The Morgan fingerprint density at radius 2 is 1.83 bits per heavy atom. The number of aromatic nitrogens is 2. The van der Waals surface area contributed by atoms with E-state index in [1.165, 1.54) is 5.56 Å². The van der Waals surface area contributed by atoms with Crippen LogP contribution in [0.15, 0.2) is 5.16 Å². The van der Waals surface area contributed by atoms with Crippen LogP contribution in [0.2, 0.25) is 0 Å². The molecule has 1 atom stereocenters. The van der Waals surface area contributed by atoms with Crippen LogP contribution < -0.4 is 5.32 Å². The Labute approximate surface area is 114 Å². The van der Waals surface area contributed by atoms with E-state index in [-0.39, 0.29) is 0 Å². The van der Waals surface area contributed by atoms with Gasteiger partial charge in [0.15, 0.2) is 5.16 Å². The van der Waals surface area contributed by atoms with Gasteiger partial charge >= 0.3 is 0 Å². The summed E-state index contributed by atoms with van der Waals surface area (Å²) in [5.41, 5.74) is 3.31. The van der Waals surface area contributed by atoms with Crippen molar-refractivity contribution in [1.29, 1.82) is 0 Å². The van der Waals surface area contributed by atoms with Crippen LogP contribution in [0, 0.1) is 20.8 Å². The lowest BCUT2D eigenvalue weighted by atomic mass is 10.2. The minimum Gasteiger partial charge on any atom is -0.383 e. The topological polar surface area (TPSA) is 47.0 Å². The summed E-state index contributed by atoms with van der Waals surface area (Å²) >= 11 is 1.68. The molecule has 0 aliphatic carbocycles. The molecule has 1 rings (SSSR count). The van der Waals surface area contributed by atoms with Gasteiger partial charge in [-0.05, 0) is 32.9 Å². The summed E-state index contributed by atoms with van der Waals surface area (Å²) in [6.07, 6.45) is 0. The molecule has 0 aliphatic rings. The van der Waals surface area contributed by atoms with E-state index in [4.69, 9.17) is 4.74 Å². The van der Waals surface area contributed by atoms with E-state index in [2.05, 4.69) is 29.1 Å². The first-order valence-corrected chi connectivity index (χ1v) is 7.24. The SMILES string of the molecule is CCNC(COC)CSc1nc(C)c(C)c(C)n1. The second kappa shape index (κ2) is 7.71. The summed E-state index contributed by atoms with van der Waals surface area (Å²) in [4.78, 5) is 9.02. The molecule has 4 nitrogen and oxygen atoms in total. The number of aryl methyl sites for hydroxylation is 2. The Balaban J connectivity index is 2.61. The summed E-state index contributed by atoms with van der Waals surface area (Å²) in [5.74, 6) is 0.920. The molecule has 0 fully saturated rings. The lowest BCUT2D eigenvalue weighted by Gasteiger charge is -2.16. The molecule has 0 aromatic carbocycles. The first kappa shape index (κ1) is 15.4. The largest absolute Gasteiger partial charge is 0.383 e. The van der Waals surface area contributed by atoms with Gasteiger partial charge in [0.05, 0.1) is 6.61 Å². The minimum absolute atomic E-state index is 0.343. The van der Waals surface area contributed by atoms with Crippen LogP contribution in [-0.4, -0.2) is 42.0 Å². The second-order valence-corrected chi connectivity index (χ2v) is 5.31. The molecular formula is C13H23N3OS. The number of ether oxygens (including phenoxy) is 1. The number of methoxy groups -OCH3 is 1. The van der Waals surface area contributed by atoms with Gasteiger partial charge in [0.25, 0.3) is 0 Å². The molecule has 5 heteroatoms. The molecule has 0 amide bonds. The molecule has 1 unspecified atom stereocenters. The summed E-state index contributed by atoms with van der Waals surface area (Å²) < 4.78 is 5.19. The highest BCUT2D eigenvalue weighted by atomic mass is 32.2. The van der Waals surface area contributed by atoms with E-state index in [0.29, 0.717) is 12.6 Å². The molecule has 102 valence electrons. The summed E-state index contributed by atoms with van der Waals surface area (Å²) in [7, 11) is 1.73. The van der Waals surface area contributed by atoms with Gasteiger partial charge in [-0.1, -0.05) is 18.7 Å². The first-order valence-electron chi connectivity index (χ1n) is 6.25. The fraction of sp³-hybridized carbons (Fsp3) is 0.692. The van der Waals surface area contributed by atoms with Crippen LogP contribution in [0.25, 0.3) is 0 Å². The first-order chi connectivity index (χ1) is 8.58. The van der Waals surface area contributed by atoms with Crippen LogP contribution in [0.1, 0.15) is 23.9 Å². The molecule has 1 heterocycles. The van der Waals surface area contributed by atoms with Crippen molar-refractivity contribution in [3.63, 3.8) is 0 Å². The Kier molecular flexibility index (Phi) is 6.60. The number of hydrogen-bond acceptors (Lipinski definition) is 5. The van der Waals surface area contributed by atoms with E-state index in [9.17, 15) is 0 Å². The maximum absolute atomic E-state index is 5.19. The average Bonchev–Trinajstić information content (AvgIpc) is 2.33. The third-order valence-corrected chi connectivity index (χ3v) is 3.90. The molecule has 0 aliphatic heterocycles. The molecule has 0 spiro atoms. The van der Waals surface area contributed by atoms with E-state index in [0.717, 1.165) is 28.8 Å². The van der Waals surface area contributed by atoms with Crippen molar-refractivity contribution >= 4 is 11.8 Å². The van der Waals surface area contributed by atoms with Gasteiger partial charge in [-0.25, -0.2) is 9.97 Å². The van der Waals surface area contributed by atoms with Crippen molar-refractivity contribution in [2.45, 2.75) is 38.9 Å². The maximum atomic E-state index is 5.19. The van der Waals surface area contributed by atoms with Crippen molar-refractivity contribution in [2.75, 3.05) is 26.0 Å². The molecule has 1 N–H and O–H groups in total. The Morgan fingerprint density at radius 1 is 1.22 bits per heavy atom. The highest BCUT2D eigenvalue weighted by Gasteiger charge is 2.10. The molecule has 0 saturated heterocycles. The van der Waals surface area contributed by atoms with Gasteiger partial charge in [-0.15, -0.1) is 0 Å². The molecule has 0 radical (unpaired) electrons. The predicted molar refractivity (Wildman–Crippen MR) is 76.3 cm³/mol. The molecule has 1 aromatic rings. The summed E-state index contributed by atoms with van der Waals surface area (Å²) in [5, 5.41) is 4.25. The monoisotopic (exact) mass is 269 g/mol. The normalized spacial score (nSPS) is 12.7. The van der Waals surface area contributed by atoms with Gasteiger partial charge in [0.2, 0.25) is 0 Å². The summed E-state index contributed by atoms with van der Waals surface area (Å²) in [6, 6.07) is 0.343. The molecular weight excluding hydrogens is 246 g/mol. The molecule has 0 saturated carbocycles. The molecule has 18 heavy (non-hydrogen) atoms. The minimum atomic E-state index is 0.343. The van der Waals surface area contributed by atoms with E-state index < -0.39 is 0 Å². The fourth-order valence-corrected chi connectivity index (χ4v) is 2.60. The van der Waals surface area contributed by atoms with Crippen LogP contribution >= 0.6 is 11.8 Å².